The summed E-state index contributed by atoms with van der Waals surface area (Å²) in [6.45, 7) is 15.6. The highest BCUT2D eigenvalue weighted by Crippen LogP contribution is 2.48. The lowest BCUT2D eigenvalue weighted by Crippen LogP contribution is -2.57. The van der Waals surface area contributed by atoms with Crippen LogP contribution in [0.3, 0.4) is 0 Å². The lowest BCUT2D eigenvalue weighted by atomic mass is 9.59. The summed E-state index contributed by atoms with van der Waals surface area (Å²) in [5.41, 5.74) is -1.90. The molecule has 0 bridgehead atoms. The van der Waals surface area contributed by atoms with Crippen molar-refractivity contribution in [3.63, 3.8) is 0 Å². The molecule has 0 heterocycles. The number of hydrogen-bond acceptors (Lipinski definition) is 3. The number of hydrogen-bond donors (Lipinski definition) is 1. The van der Waals surface area contributed by atoms with Crippen LogP contribution < -0.4 is 5.32 Å². The summed E-state index contributed by atoms with van der Waals surface area (Å²) in [5, 5.41) is 2.89. The fraction of sp³-hybridized carbons (Fsp3) is 0.875. The molecule has 1 atom stereocenters. The minimum atomic E-state index is -1.19. The summed E-state index contributed by atoms with van der Waals surface area (Å²) in [6.07, 6.45) is 0.439. The fourth-order valence-corrected chi connectivity index (χ4v) is 2.51. The molecule has 0 aliphatic carbocycles. The number of methoxy groups -OCH3 is 1. The summed E-state index contributed by atoms with van der Waals surface area (Å²) in [7, 11) is 1.34. The van der Waals surface area contributed by atoms with Gasteiger partial charge in [-0.25, -0.2) is 0 Å². The van der Waals surface area contributed by atoms with Crippen LogP contribution in [0.2, 0.25) is 0 Å². The van der Waals surface area contributed by atoms with Crippen LogP contribution in [0.25, 0.3) is 0 Å². The van der Waals surface area contributed by atoms with Crippen molar-refractivity contribution in [3.05, 3.63) is 0 Å². The number of esters is 1. The first-order valence-corrected chi connectivity index (χ1v) is 7.17. The molecule has 0 saturated heterocycles. The Bertz CT molecular complexity index is 361. The topological polar surface area (TPSA) is 55.4 Å². The van der Waals surface area contributed by atoms with Crippen LogP contribution in [-0.2, 0) is 14.3 Å². The summed E-state index contributed by atoms with van der Waals surface area (Å²) in [6, 6.07) is -0.0196. The minimum absolute atomic E-state index is 0.0196. The van der Waals surface area contributed by atoms with E-state index in [1.807, 2.05) is 55.4 Å². The van der Waals surface area contributed by atoms with Gasteiger partial charge >= 0.3 is 5.97 Å². The minimum Gasteiger partial charge on any atom is -0.468 e. The second-order valence-corrected chi connectivity index (χ2v) is 8.01. The Morgan fingerprint density at radius 2 is 1.50 bits per heavy atom. The van der Waals surface area contributed by atoms with Crippen molar-refractivity contribution >= 4 is 11.9 Å². The third kappa shape index (κ3) is 4.22. The molecule has 0 radical (unpaired) electrons. The predicted octanol–water partition coefficient (Wildman–Crippen LogP) is 3.15. The number of ether oxygens (including phenoxy) is 1. The van der Waals surface area contributed by atoms with Gasteiger partial charge < -0.3 is 10.1 Å². The maximum absolute atomic E-state index is 12.8. The van der Waals surface area contributed by atoms with Crippen molar-refractivity contribution in [2.45, 2.75) is 67.9 Å². The summed E-state index contributed by atoms with van der Waals surface area (Å²) in [4.78, 5) is 25.3. The number of nitrogens with one attached hydrogen (secondary N) is 1. The van der Waals surface area contributed by atoms with Crippen LogP contribution in [0.4, 0.5) is 0 Å². The average molecular weight is 285 g/mol. The average Bonchev–Trinajstić information content (AvgIpc) is 2.20. The molecule has 0 fully saturated rings. The van der Waals surface area contributed by atoms with Gasteiger partial charge in [0.15, 0.2) is 5.41 Å². The largest absolute Gasteiger partial charge is 0.468 e. The molecule has 0 aromatic carbocycles. The van der Waals surface area contributed by atoms with E-state index in [2.05, 4.69) is 5.32 Å². The number of carbonyl (C=O) groups excluding carboxylic acids is 2. The van der Waals surface area contributed by atoms with E-state index >= 15 is 0 Å². The van der Waals surface area contributed by atoms with Gasteiger partial charge in [0.2, 0.25) is 5.91 Å². The molecule has 1 N–H and O–H groups in total. The Kier molecular flexibility index (Phi) is 5.82. The first-order valence-electron chi connectivity index (χ1n) is 7.17. The first-order chi connectivity index (χ1) is 8.78. The lowest BCUT2D eigenvalue weighted by molar-refractivity contribution is -0.170. The van der Waals surface area contributed by atoms with Crippen LogP contribution in [-0.4, -0.2) is 25.0 Å². The maximum Gasteiger partial charge on any atom is 0.321 e. The molecule has 0 rings (SSSR count). The molecule has 4 heteroatoms. The highest BCUT2D eigenvalue weighted by Gasteiger charge is 2.57. The highest BCUT2D eigenvalue weighted by molar-refractivity contribution is 6.03. The fourth-order valence-electron chi connectivity index (χ4n) is 2.51. The zero-order valence-electron chi connectivity index (χ0n) is 14.5. The van der Waals surface area contributed by atoms with Crippen molar-refractivity contribution in [2.75, 3.05) is 7.11 Å². The Morgan fingerprint density at radius 1 is 1.05 bits per heavy atom. The highest BCUT2D eigenvalue weighted by atomic mass is 16.5. The van der Waals surface area contributed by atoms with Crippen molar-refractivity contribution in [2.24, 2.45) is 16.2 Å². The SMILES string of the molecule is COC(=O)C(CC(C)(C)C)(C(=O)NC(C)C)C(C)(C)C. The van der Waals surface area contributed by atoms with Crippen LogP contribution >= 0.6 is 0 Å². The van der Waals surface area contributed by atoms with Gasteiger partial charge in [-0.2, -0.15) is 0 Å². The smallest absolute Gasteiger partial charge is 0.321 e. The zero-order valence-corrected chi connectivity index (χ0v) is 14.5. The van der Waals surface area contributed by atoms with Crippen molar-refractivity contribution in [1.82, 2.24) is 5.32 Å². The summed E-state index contributed by atoms with van der Waals surface area (Å²) >= 11 is 0. The standard InChI is InChI=1S/C16H31NO3/c1-11(2)17-12(18)16(13(19)20-9,15(6,7)8)10-14(3,4)5/h11H,10H2,1-9H3,(H,17,18). The third-order valence-corrected chi connectivity index (χ3v) is 3.42. The monoisotopic (exact) mass is 285 g/mol. The van der Waals surface area contributed by atoms with E-state index in [0.717, 1.165) is 0 Å². The number of rotatable bonds is 4. The van der Waals surface area contributed by atoms with Gasteiger partial charge in [-0.1, -0.05) is 41.5 Å². The predicted molar refractivity (Wildman–Crippen MR) is 81.3 cm³/mol. The molecule has 0 aliphatic heterocycles. The molecule has 0 aromatic rings. The van der Waals surface area contributed by atoms with Gasteiger partial charge in [0, 0.05) is 6.04 Å². The normalized spacial score (nSPS) is 15.7. The maximum atomic E-state index is 12.8. The Hall–Kier alpha value is -1.06. The molecule has 0 aliphatic rings. The molecule has 118 valence electrons. The van der Waals surface area contributed by atoms with E-state index in [1.54, 1.807) is 0 Å². The second kappa shape index (κ2) is 6.15. The van der Waals surface area contributed by atoms with Gasteiger partial charge in [-0.3, -0.25) is 9.59 Å². The molecule has 1 unspecified atom stereocenters. The van der Waals surface area contributed by atoms with Crippen molar-refractivity contribution in [1.29, 1.82) is 0 Å². The van der Waals surface area contributed by atoms with E-state index in [-0.39, 0.29) is 17.4 Å². The molecular formula is C16H31NO3. The van der Waals surface area contributed by atoms with Crippen LogP contribution in [0.1, 0.15) is 61.8 Å². The van der Waals surface area contributed by atoms with E-state index in [4.69, 9.17) is 4.74 Å². The van der Waals surface area contributed by atoms with E-state index in [1.165, 1.54) is 7.11 Å². The lowest BCUT2D eigenvalue weighted by Gasteiger charge is -2.44. The molecule has 20 heavy (non-hydrogen) atoms. The molecule has 4 nitrogen and oxygen atoms in total. The Balaban J connectivity index is 5.94. The van der Waals surface area contributed by atoms with Gasteiger partial charge in [0.25, 0.3) is 0 Å². The van der Waals surface area contributed by atoms with Gasteiger partial charge in [0.05, 0.1) is 7.11 Å². The van der Waals surface area contributed by atoms with Crippen molar-refractivity contribution < 1.29 is 14.3 Å². The van der Waals surface area contributed by atoms with E-state index < -0.39 is 16.8 Å². The van der Waals surface area contributed by atoms with E-state index in [9.17, 15) is 9.59 Å². The van der Waals surface area contributed by atoms with Gasteiger partial charge in [0.1, 0.15) is 0 Å². The Morgan fingerprint density at radius 3 is 1.75 bits per heavy atom. The number of carbonyl (C=O) groups is 2. The van der Waals surface area contributed by atoms with Crippen LogP contribution in [0, 0.1) is 16.2 Å². The number of amides is 1. The molecule has 1 amide bonds. The molecular weight excluding hydrogens is 254 g/mol. The molecule has 0 aromatic heterocycles. The molecule has 0 spiro atoms. The Labute approximate surface area is 123 Å². The van der Waals surface area contributed by atoms with Crippen LogP contribution in [0.5, 0.6) is 0 Å². The zero-order chi connectivity index (χ0) is 16.4. The first kappa shape index (κ1) is 18.9. The van der Waals surface area contributed by atoms with Crippen LogP contribution in [0.15, 0.2) is 0 Å². The third-order valence-electron chi connectivity index (χ3n) is 3.42. The van der Waals surface area contributed by atoms with Gasteiger partial charge in [-0.15, -0.1) is 0 Å². The summed E-state index contributed by atoms with van der Waals surface area (Å²) < 4.78 is 4.99. The second-order valence-electron chi connectivity index (χ2n) is 8.01. The van der Waals surface area contributed by atoms with Gasteiger partial charge in [-0.05, 0) is 31.1 Å². The van der Waals surface area contributed by atoms with Crippen molar-refractivity contribution in [3.8, 4) is 0 Å². The van der Waals surface area contributed by atoms with E-state index in [0.29, 0.717) is 6.42 Å². The summed E-state index contributed by atoms with van der Waals surface area (Å²) in [5.74, 6) is -0.708. The molecule has 0 saturated carbocycles. The quantitative estimate of drug-likeness (QED) is 0.637.